The fraction of sp³-hybridized carbons (Fsp3) is 0.909. The van der Waals surface area contributed by atoms with E-state index in [-0.39, 0.29) is 12.0 Å². The molecule has 0 radical (unpaired) electrons. The number of esters is 1. The molecule has 0 amide bonds. The first-order valence-electron chi connectivity index (χ1n) is 5.75. The summed E-state index contributed by atoms with van der Waals surface area (Å²) in [6.07, 6.45) is 6.03. The molecule has 0 aliphatic carbocycles. The predicted octanol–water partition coefficient (Wildman–Crippen LogP) is 1.57. The number of carbonyl (C=O) groups excluding carboxylic acids is 1. The molecule has 0 N–H and O–H groups in total. The van der Waals surface area contributed by atoms with Gasteiger partial charge in [-0.2, -0.15) is 0 Å². The second-order valence-electron chi connectivity index (χ2n) is 4.23. The number of hydrogen-bond acceptors (Lipinski definition) is 3. The van der Waals surface area contributed by atoms with Crippen LogP contribution in [-0.2, 0) is 9.53 Å². The van der Waals surface area contributed by atoms with Crippen molar-refractivity contribution in [2.45, 2.75) is 51.1 Å². The molecule has 2 atom stereocenters. The van der Waals surface area contributed by atoms with E-state index in [0.717, 1.165) is 13.0 Å². The molecule has 0 bridgehead atoms. The summed E-state index contributed by atoms with van der Waals surface area (Å²) in [6, 6.07) is 0.735. The van der Waals surface area contributed by atoms with Crippen LogP contribution in [0.1, 0.15) is 39.0 Å². The van der Waals surface area contributed by atoms with E-state index in [1.807, 2.05) is 6.92 Å². The highest BCUT2D eigenvalue weighted by molar-refractivity contribution is 5.76. The number of hydrogen-bond donors (Lipinski definition) is 0. The maximum Gasteiger partial charge on any atom is 0.323 e. The van der Waals surface area contributed by atoms with Crippen LogP contribution in [0.25, 0.3) is 0 Å². The Labute approximate surface area is 85.4 Å². The lowest BCUT2D eigenvalue weighted by molar-refractivity contribution is -0.149. The van der Waals surface area contributed by atoms with Gasteiger partial charge in [-0.05, 0) is 39.2 Å². The van der Waals surface area contributed by atoms with Crippen LogP contribution in [0.3, 0.4) is 0 Å². The standard InChI is InChI=1S/C11H19NO2/c1-2-14-11(13)10-7-6-9-5-3-4-8-12(9)10/h9-10H,2-8H2,1H3. The maximum atomic E-state index is 11.6. The topological polar surface area (TPSA) is 29.5 Å². The van der Waals surface area contributed by atoms with Crippen molar-refractivity contribution in [1.82, 2.24) is 4.90 Å². The zero-order valence-electron chi connectivity index (χ0n) is 8.87. The Kier molecular flexibility index (Phi) is 3.06. The van der Waals surface area contributed by atoms with E-state index < -0.39 is 0 Å². The molecule has 2 aliphatic rings. The van der Waals surface area contributed by atoms with Gasteiger partial charge >= 0.3 is 5.97 Å². The molecular formula is C11H19NO2. The Bertz CT molecular complexity index is 217. The average Bonchev–Trinajstić information content (AvgIpc) is 2.61. The molecule has 3 heteroatoms. The average molecular weight is 197 g/mol. The van der Waals surface area contributed by atoms with E-state index in [2.05, 4.69) is 4.90 Å². The summed E-state index contributed by atoms with van der Waals surface area (Å²) in [6.45, 7) is 3.47. The summed E-state index contributed by atoms with van der Waals surface area (Å²) in [4.78, 5) is 14.0. The summed E-state index contributed by atoms with van der Waals surface area (Å²) in [5, 5.41) is 0. The summed E-state index contributed by atoms with van der Waals surface area (Å²) in [5.41, 5.74) is 0. The van der Waals surface area contributed by atoms with Gasteiger partial charge in [-0.15, -0.1) is 0 Å². The first-order chi connectivity index (χ1) is 6.83. The molecule has 14 heavy (non-hydrogen) atoms. The molecular weight excluding hydrogens is 178 g/mol. The highest BCUT2D eigenvalue weighted by Crippen LogP contribution is 2.31. The van der Waals surface area contributed by atoms with Gasteiger partial charge in [0.25, 0.3) is 0 Å². The second-order valence-corrected chi connectivity index (χ2v) is 4.23. The van der Waals surface area contributed by atoms with Crippen molar-refractivity contribution >= 4 is 5.97 Å². The predicted molar refractivity (Wildman–Crippen MR) is 54.0 cm³/mol. The highest BCUT2D eigenvalue weighted by Gasteiger charge is 2.39. The van der Waals surface area contributed by atoms with E-state index in [4.69, 9.17) is 4.74 Å². The SMILES string of the molecule is CCOC(=O)C1CCC2CCCCN21. The molecule has 0 aromatic carbocycles. The molecule has 80 valence electrons. The minimum absolute atomic E-state index is 0.00287. The molecule has 0 spiro atoms. The van der Waals surface area contributed by atoms with Crippen molar-refractivity contribution in [2.75, 3.05) is 13.2 Å². The number of piperidine rings is 1. The lowest BCUT2D eigenvalue weighted by Crippen LogP contribution is -2.44. The minimum atomic E-state index is -0.00287. The lowest BCUT2D eigenvalue weighted by Gasteiger charge is -2.32. The van der Waals surface area contributed by atoms with Crippen LogP contribution in [0.15, 0.2) is 0 Å². The maximum absolute atomic E-state index is 11.6. The van der Waals surface area contributed by atoms with E-state index in [0.29, 0.717) is 12.6 Å². The van der Waals surface area contributed by atoms with Crippen LogP contribution in [0.2, 0.25) is 0 Å². The van der Waals surface area contributed by atoms with Gasteiger partial charge in [0.1, 0.15) is 6.04 Å². The van der Waals surface area contributed by atoms with Crippen molar-refractivity contribution < 1.29 is 9.53 Å². The van der Waals surface area contributed by atoms with Crippen molar-refractivity contribution in [1.29, 1.82) is 0 Å². The summed E-state index contributed by atoms with van der Waals surface area (Å²) >= 11 is 0. The highest BCUT2D eigenvalue weighted by atomic mass is 16.5. The second kappa shape index (κ2) is 4.30. The fourth-order valence-corrected chi connectivity index (χ4v) is 2.75. The summed E-state index contributed by atoms with van der Waals surface area (Å²) in [7, 11) is 0. The first kappa shape index (κ1) is 9.97. The zero-order valence-corrected chi connectivity index (χ0v) is 8.87. The molecule has 0 aromatic heterocycles. The van der Waals surface area contributed by atoms with E-state index in [1.54, 1.807) is 0 Å². The Balaban J connectivity index is 1.96. The molecule has 2 fully saturated rings. The minimum Gasteiger partial charge on any atom is -0.465 e. The monoisotopic (exact) mass is 197 g/mol. The molecule has 2 unspecified atom stereocenters. The first-order valence-corrected chi connectivity index (χ1v) is 5.75. The van der Waals surface area contributed by atoms with Gasteiger partial charge in [0.05, 0.1) is 6.61 Å². The third-order valence-electron chi connectivity index (χ3n) is 3.41. The Morgan fingerprint density at radius 2 is 2.21 bits per heavy atom. The molecule has 2 aliphatic heterocycles. The van der Waals surface area contributed by atoms with E-state index >= 15 is 0 Å². The zero-order chi connectivity index (χ0) is 9.97. The summed E-state index contributed by atoms with van der Waals surface area (Å²) in [5.74, 6) is -0.00287. The van der Waals surface area contributed by atoms with Gasteiger partial charge in [-0.1, -0.05) is 6.42 Å². The van der Waals surface area contributed by atoms with Crippen molar-refractivity contribution in [3.8, 4) is 0 Å². The van der Waals surface area contributed by atoms with Gasteiger partial charge in [0.15, 0.2) is 0 Å². The lowest BCUT2D eigenvalue weighted by atomic mass is 10.0. The number of nitrogens with zero attached hydrogens (tertiary/aromatic N) is 1. The molecule has 3 nitrogen and oxygen atoms in total. The third-order valence-corrected chi connectivity index (χ3v) is 3.41. The number of ether oxygens (including phenoxy) is 1. The smallest absolute Gasteiger partial charge is 0.323 e. The van der Waals surface area contributed by atoms with Crippen LogP contribution in [0.4, 0.5) is 0 Å². The molecule has 0 aromatic rings. The van der Waals surface area contributed by atoms with Gasteiger partial charge in [0, 0.05) is 6.04 Å². The Morgan fingerprint density at radius 1 is 1.36 bits per heavy atom. The molecule has 2 rings (SSSR count). The number of carbonyl (C=O) groups is 1. The van der Waals surface area contributed by atoms with Gasteiger partial charge in [0.2, 0.25) is 0 Å². The number of rotatable bonds is 2. The van der Waals surface area contributed by atoms with Gasteiger partial charge in [-0.25, -0.2) is 0 Å². The van der Waals surface area contributed by atoms with Gasteiger partial charge < -0.3 is 4.74 Å². The third kappa shape index (κ3) is 1.78. The summed E-state index contributed by atoms with van der Waals surface area (Å²) < 4.78 is 5.09. The Morgan fingerprint density at radius 3 is 3.00 bits per heavy atom. The fourth-order valence-electron chi connectivity index (χ4n) is 2.75. The van der Waals surface area contributed by atoms with E-state index in [1.165, 1.54) is 25.7 Å². The van der Waals surface area contributed by atoms with Crippen LogP contribution in [-0.4, -0.2) is 36.1 Å². The Hall–Kier alpha value is -0.570. The van der Waals surface area contributed by atoms with Gasteiger partial charge in [-0.3, -0.25) is 9.69 Å². The van der Waals surface area contributed by atoms with Crippen molar-refractivity contribution in [3.05, 3.63) is 0 Å². The van der Waals surface area contributed by atoms with Crippen molar-refractivity contribution in [2.24, 2.45) is 0 Å². The number of fused-ring (bicyclic) bond motifs is 1. The molecule has 2 heterocycles. The molecule has 2 saturated heterocycles. The normalized spacial score (nSPS) is 32.6. The largest absolute Gasteiger partial charge is 0.465 e. The van der Waals surface area contributed by atoms with Crippen LogP contribution >= 0.6 is 0 Å². The van der Waals surface area contributed by atoms with Crippen LogP contribution < -0.4 is 0 Å². The van der Waals surface area contributed by atoms with Crippen LogP contribution in [0, 0.1) is 0 Å². The van der Waals surface area contributed by atoms with Crippen molar-refractivity contribution in [3.63, 3.8) is 0 Å². The molecule has 0 saturated carbocycles. The van der Waals surface area contributed by atoms with Crippen LogP contribution in [0.5, 0.6) is 0 Å². The quantitative estimate of drug-likeness (QED) is 0.629. The van der Waals surface area contributed by atoms with E-state index in [9.17, 15) is 4.79 Å².